The number of nitrogen functional groups attached to an aromatic ring is 1. The second kappa shape index (κ2) is 5.10. The van der Waals surface area contributed by atoms with Crippen molar-refractivity contribution in [2.75, 3.05) is 0 Å². The molecule has 0 saturated carbocycles. The van der Waals surface area contributed by atoms with E-state index in [1.54, 1.807) is 18.2 Å². The van der Waals surface area contributed by atoms with Crippen molar-refractivity contribution in [1.82, 2.24) is 0 Å². The minimum absolute atomic E-state index is 0.0684. The van der Waals surface area contributed by atoms with Crippen LogP contribution in [0.1, 0.15) is 11.1 Å². The van der Waals surface area contributed by atoms with Gasteiger partial charge < -0.3 is 10.5 Å². The maximum atomic E-state index is 7.53. The normalized spacial score (nSPS) is 10.1. The third kappa shape index (κ3) is 2.63. The second-order valence-electron chi connectivity index (χ2n) is 3.92. The molecular formula is C14H13ClN2O. The van der Waals surface area contributed by atoms with Gasteiger partial charge in [-0.15, -0.1) is 0 Å². The van der Waals surface area contributed by atoms with Crippen LogP contribution < -0.4 is 10.5 Å². The number of nitrogens with one attached hydrogen (secondary N) is 1. The van der Waals surface area contributed by atoms with Crippen LogP contribution in [0.2, 0.25) is 5.02 Å². The van der Waals surface area contributed by atoms with Crippen LogP contribution in [-0.4, -0.2) is 5.84 Å². The molecule has 18 heavy (non-hydrogen) atoms. The summed E-state index contributed by atoms with van der Waals surface area (Å²) in [4.78, 5) is 0. The van der Waals surface area contributed by atoms with Crippen LogP contribution in [0, 0.1) is 12.3 Å². The molecule has 2 aromatic carbocycles. The SMILES string of the molecule is Cc1ccccc1Oc1ccc(Cl)cc1C(=N)N. The zero-order chi connectivity index (χ0) is 13.1. The maximum Gasteiger partial charge on any atom is 0.138 e. The second-order valence-corrected chi connectivity index (χ2v) is 4.36. The highest BCUT2D eigenvalue weighted by Gasteiger charge is 2.09. The third-order valence-corrected chi connectivity index (χ3v) is 2.78. The molecule has 0 spiro atoms. The van der Waals surface area contributed by atoms with Crippen LogP contribution in [0.15, 0.2) is 42.5 Å². The van der Waals surface area contributed by atoms with Gasteiger partial charge in [0.1, 0.15) is 17.3 Å². The summed E-state index contributed by atoms with van der Waals surface area (Å²) < 4.78 is 5.78. The predicted molar refractivity (Wildman–Crippen MR) is 73.7 cm³/mol. The molecule has 3 nitrogen and oxygen atoms in total. The monoisotopic (exact) mass is 260 g/mol. The number of amidine groups is 1. The molecule has 3 N–H and O–H groups in total. The lowest BCUT2D eigenvalue weighted by Crippen LogP contribution is -2.12. The average molecular weight is 261 g/mol. The number of ether oxygens (including phenoxy) is 1. The molecule has 0 radical (unpaired) electrons. The minimum Gasteiger partial charge on any atom is -0.456 e. The molecule has 0 atom stereocenters. The van der Waals surface area contributed by atoms with Crippen molar-refractivity contribution in [1.29, 1.82) is 5.41 Å². The molecular weight excluding hydrogens is 248 g/mol. The fourth-order valence-electron chi connectivity index (χ4n) is 1.59. The summed E-state index contributed by atoms with van der Waals surface area (Å²) in [6, 6.07) is 12.7. The first-order chi connectivity index (χ1) is 8.58. The Morgan fingerprint density at radius 2 is 1.89 bits per heavy atom. The largest absolute Gasteiger partial charge is 0.456 e. The van der Waals surface area contributed by atoms with Crippen LogP contribution >= 0.6 is 11.6 Å². The Balaban J connectivity index is 2.41. The van der Waals surface area contributed by atoms with Gasteiger partial charge in [-0.25, -0.2) is 0 Å². The first-order valence-corrected chi connectivity index (χ1v) is 5.83. The molecule has 92 valence electrons. The Morgan fingerprint density at radius 3 is 2.56 bits per heavy atom. The van der Waals surface area contributed by atoms with E-state index < -0.39 is 0 Å². The Bertz CT molecular complexity index is 596. The zero-order valence-electron chi connectivity index (χ0n) is 9.91. The van der Waals surface area contributed by atoms with Crippen LogP contribution in [0.25, 0.3) is 0 Å². The summed E-state index contributed by atoms with van der Waals surface area (Å²) in [5.41, 5.74) is 7.03. The van der Waals surface area contributed by atoms with E-state index in [1.807, 2.05) is 31.2 Å². The minimum atomic E-state index is -0.0684. The molecule has 0 aliphatic carbocycles. The number of aryl methyl sites for hydroxylation is 1. The van der Waals surface area contributed by atoms with Crippen molar-refractivity contribution in [3.05, 3.63) is 58.6 Å². The lowest BCUT2D eigenvalue weighted by Gasteiger charge is -2.12. The van der Waals surface area contributed by atoms with E-state index >= 15 is 0 Å². The van der Waals surface area contributed by atoms with E-state index in [0.29, 0.717) is 16.3 Å². The third-order valence-electron chi connectivity index (χ3n) is 2.55. The molecule has 2 aromatic rings. The van der Waals surface area contributed by atoms with Crippen molar-refractivity contribution in [2.24, 2.45) is 5.73 Å². The Kier molecular flexibility index (Phi) is 3.53. The number of halogens is 1. The Morgan fingerprint density at radius 1 is 1.17 bits per heavy atom. The van der Waals surface area contributed by atoms with E-state index in [4.69, 9.17) is 27.5 Å². The van der Waals surface area contributed by atoms with Gasteiger partial charge in [0.25, 0.3) is 0 Å². The van der Waals surface area contributed by atoms with Crippen molar-refractivity contribution < 1.29 is 4.74 Å². The average Bonchev–Trinajstić information content (AvgIpc) is 2.34. The summed E-state index contributed by atoms with van der Waals surface area (Å²) in [7, 11) is 0. The summed E-state index contributed by atoms with van der Waals surface area (Å²) >= 11 is 5.89. The van der Waals surface area contributed by atoms with Crippen LogP contribution in [-0.2, 0) is 0 Å². The van der Waals surface area contributed by atoms with Crippen LogP contribution in [0.4, 0.5) is 0 Å². The van der Waals surface area contributed by atoms with Crippen molar-refractivity contribution in [3.8, 4) is 11.5 Å². The highest BCUT2D eigenvalue weighted by Crippen LogP contribution is 2.29. The Hall–Kier alpha value is -2.00. The van der Waals surface area contributed by atoms with Crippen LogP contribution in [0.3, 0.4) is 0 Å². The first-order valence-electron chi connectivity index (χ1n) is 5.45. The van der Waals surface area contributed by atoms with E-state index in [2.05, 4.69) is 0 Å². The molecule has 0 heterocycles. The summed E-state index contributed by atoms with van der Waals surface area (Å²) in [6.45, 7) is 1.96. The molecule has 0 aromatic heterocycles. The fourth-order valence-corrected chi connectivity index (χ4v) is 1.76. The topological polar surface area (TPSA) is 59.1 Å². The van der Waals surface area contributed by atoms with Gasteiger partial charge in [0.05, 0.1) is 5.56 Å². The molecule has 2 rings (SSSR count). The standard InChI is InChI=1S/C14H13ClN2O/c1-9-4-2-3-5-12(9)18-13-7-6-10(15)8-11(13)14(16)17/h2-8H,1H3,(H3,16,17). The smallest absolute Gasteiger partial charge is 0.138 e. The van der Waals surface area contributed by atoms with Crippen LogP contribution in [0.5, 0.6) is 11.5 Å². The van der Waals surface area contributed by atoms with Gasteiger partial charge in [-0.05, 0) is 36.8 Å². The molecule has 4 heteroatoms. The molecule has 0 saturated heterocycles. The van der Waals surface area contributed by atoms with Gasteiger partial charge in [0, 0.05) is 5.02 Å². The maximum absolute atomic E-state index is 7.53. The summed E-state index contributed by atoms with van der Waals surface area (Å²) in [5, 5.41) is 8.06. The molecule has 0 aliphatic heterocycles. The van der Waals surface area contributed by atoms with E-state index in [1.165, 1.54) is 0 Å². The van der Waals surface area contributed by atoms with E-state index in [0.717, 1.165) is 11.3 Å². The highest BCUT2D eigenvalue weighted by atomic mass is 35.5. The van der Waals surface area contributed by atoms with Gasteiger partial charge in [0.2, 0.25) is 0 Å². The number of hydrogen-bond donors (Lipinski definition) is 2. The van der Waals surface area contributed by atoms with Gasteiger partial charge in [0.15, 0.2) is 0 Å². The number of hydrogen-bond acceptors (Lipinski definition) is 2. The van der Waals surface area contributed by atoms with Crippen molar-refractivity contribution in [3.63, 3.8) is 0 Å². The van der Waals surface area contributed by atoms with Gasteiger partial charge >= 0.3 is 0 Å². The predicted octanol–water partition coefficient (Wildman–Crippen LogP) is 3.72. The molecule has 0 aliphatic rings. The first kappa shape index (κ1) is 12.5. The zero-order valence-corrected chi connectivity index (χ0v) is 10.7. The van der Waals surface area contributed by atoms with Gasteiger partial charge in [-0.3, -0.25) is 5.41 Å². The number of para-hydroxylation sites is 1. The summed E-state index contributed by atoms with van der Waals surface area (Å²) in [6.07, 6.45) is 0. The number of benzene rings is 2. The van der Waals surface area contributed by atoms with E-state index in [9.17, 15) is 0 Å². The van der Waals surface area contributed by atoms with E-state index in [-0.39, 0.29) is 5.84 Å². The number of nitrogens with two attached hydrogens (primary N) is 1. The van der Waals surface area contributed by atoms with Crippen molar-refractivity contribution in [2.45, 2.75) is 6.92 Å². The highest BCUT2D eigenvalue weighted by molar-refractivity contribution is 6.31. The quantitative estimate of drug-likeness (QED) is 0.653. The van der Waals surface area contributed by atoms with Gasteiger partial charge in [-0.2, -0.15) is 0 Å². The Labute approximate surface area is 111 Å². The summed E-state index contributed by atoms with van der Waals surface area (Å²) in [5.74, 6) is 1.20. The molecule has 0 amide bonds. The number of rotatable bonds is 3. The molecule has 0 fully saturated rings. The fraction of sp³-hybridized carbons (Fsp3) is 0.0714. The van der Waals surface area contributed by atoms with Gasteiger partial charge in [-0.1, -0.05) is 29.8 Å². The van der Waals surface area contributed by atoms with Crippen molar-refractivity contribution >= 4 is 17.4 Å². The molecule has 0 unspecified atom stereocenters. The lowest BCUT2D eigenvalue weighted by atomic mass is 10.1. The lowest BCUT2D eigenvalue weighted by molar-refractivity contribution is 0.478. The molecule has 0 bridgehead atoms.